The van der Waals surface area contributed by atoms with Gasteiger partial charge in [0.05, 0.1) is 10.9 Å². The molecule has 122 valence electrons. The summed E-state index contributed by atoms with van der Waals surface area (Å²) in [6.45, 7) is 6.69. The molecule has 1 fully saturated rings. The van der Waals surface area contributed by atoms with E-state index in [-0.39, 0.29) is 22.5 Å². The second-order valence-corrected chi connectivity index (χ2v) is 7.66. The van der Waals surface area contributed by atoms with Gasteiger partial charge in [-0.1, -0.05) is 23.9 Å². The number of hydrogen-bond acceptors (Lipinski definition) is 4. The number of amides is 1. The van der Waals surface area contributed by atoms with E-state index in [9.17, 15) is 9.18 Å². The summed E-state index contributed by atoms with van der Waals surface area (Å²) < 4.78 is 15.9. The van der Waals surface area contributed by atoms with Crippen molar-refractivity contribution in [1.29, 1.82) is 0 Å². The van der Waals surface area contributed by atoms with E-state index in [1.807, 2.05) is 4.57 Å². The minimum absolute atomic E-state index is 0.0800. The molecule has 1 aliphatic heterocycles. The molecule has 1 aromatic carbocycles. The van der Waals surface area contributed by atoms with Crippen molar-refractivity contribution in [2.75, 3.05) is 11.4 Å². The number of anilines is 1. The SMILES string of the molecule is CC(C)(C)n1cnnc1S[C@@H]1CCN(c2ccccc2F)C1=O. The Labute approximate surface area is 138 Å². The Bertz CT molecular complexity index is 725. The first-order valence-corrected chi connectivity index (χ1v) is 8.39. The number of carbonyl (C=O) groups excluding carboxylic acids is 1. The van der Waals surface area contributed by atoms with E-state index in [1.165, 1.54) is 22.7 Å². The number of halogens is 1. The van der Waals surface area contributed by atoms with E-state index in [0.29, 0.717) is 23.8 Å². The third kappa shape index (κ3) is 3.10. The Morgan fingerprint density at radius 2 is 2.04 bits per heavy atom. The Kier molecular flexibility index (Phi) is 4.14. The fourth-order valence-electron chi connectivity index (χ4n) is 2.57. The third-order valence-electron chi connectivity index (χ3n) is 3.79. The summed E-state index contributed by atoms with van der Waals surface area (Å²) in [7, 11) is 0. The second kappa shape index (κ2) is 5.96. The van der Waals surface area contributed by atoms with Crippen molar-refractivity contribution in [1.82, 2.24) is 14.8 Å². The van der Waals surface area contributed by atoms with Gasteiger partial charge in [0.1, 0.15) is 12.1 Å². The molecule has 2 heterocycles. The molecule has 0 radical (unpaired) electrons. The number of aromatic nitrogens is 3. The fraction of sp³-hybridized carbons (Fsp3) is 0.438. The molecule has 0 bridgehead atoms. The molecule has 1 aliphatic rings. The van der Waals surface area contributed by atoms with Crippen LogP contribution in [-0.4, -0.2) is 32.5 Å². The van der Waals surface area contributed by atoms with Gasteiger partial charge in [0.15, 0.2) is 5.16 Å². The fourth-order valence-corrected chi connectivity index (χ4v) is 3.80. The standard InChI is InChI=1S/C16H19FN4OS/c1-16(2,3)21-10-18-19-15(21)23-13-8-9-20(14(13)22)12-7-5-4-6-11(12)17/h4-7,10,13H,8-9H2,1-3H3/t13-/m1/s1. The molecule has 0 aliphatic carbocycles. The van der Waals surface area contributed by atoms with Gasteiger partial charge in [-0.25, -0.2) is 4.39 Å². The van der Waals surface area contributed by atoms with Gasteiger partial charge in [0.25, 0.3) is 0 Å². The van der Waals surface area contributed by atoms with E-state index in [0.717, 1.165) is 0 Å². The van der Waals surface area contributed by atoms with Crippen LogP contribution in [0.4, 0.5) is 10.1 Å². The lowest BCUT2D eigenvalue weighted by atomic mass is 10.1. The van der Waals surface area contributed by atoms with Crippen molar-refractivity contribution < 1.29 is 9.18 Å². The van der Waals surface area contributed by atoms with Crippen LogP contribution in [0.2, 0.25) is 0 Å². The molecule has 1 aromatic heterocycles. The number of rotatable bonds is 3. The lowest BCUT2D eigenvalue weighted by molar-refractivity contribution is -0.116. The second-order valence-electron chi connectivity index (χ2n) is 6.49. The number of benzene rings is 1. The van der Waals surface area contributed by atoms with Crippen molar-refractivity contribution in [3.8, 4) is 0 Å². The van der Waals surface area contributed by atoms with Crippen molar-refractivity contribution in [2.45, 2.75) is 43.1 Å². The van der Waals surface area contributed by atoms with Gasteiger partial charge in [-0.05, 0) is 39.3 Å². The van der Waals surface area contributed by atoms with Crippen LogP contribution in [-0.2, 0) is 10.3 Å². The summed E-state index contributed by atoms with van der Waals surface area (Å²) in [5.41, 5.74) is 0.191. The molecule has 1 amide bonds. The summed E-state index contributed by atoms with van der Waals surface area (Å²) in [6, 6.07) is 6.37. The predicted octanol–water partition coefficient (Wildman–Crippen LogP) is 3.07. The minimum Gasteiger partial charge on any atom is -0.309 e. The molecule has 5 nitrogen and oxygen atoms in total. The maximum Gasteiger partial charge on any atom is 0.240 e. The largest absolute Gasteiger partial charge is 0.309 e. The zero-order valence-corrected chi connectivity index (χ0v) is 14.2. The molecule has 1 atom stereocenters. The predicted molar refractivity (Wildman–Crippen MR) is 88.0 cm³/mol. The average molecular weight is 334 g/mol. The number of carbonyl (C=O) groups is 1. The van der Waals surface area contributed by atoms with Gasteiger partial charge >= 0.3 is 0 Å². The first-order chi connectivity index (χ1) is 10.9. The Morgan fingerprint density at radius 3 is 2.74 bits per heavy atom. The Balaban J connectivity index is 1.79. The molecule has 23 heavy (non-hydrogen) atoms. The summed E-state index contributed by atoms with van der Waals surface area (Å²) in [4.78, 5) is 14.1. The van der Waals surface area contributed by atoms with Crippen molar-refractivity contribution in [3.63, 3.8) is 0 Å². The zero-order chi connectivity index (χ0) is 16.6. The van der Waals surface area contributed by atoms with Crippen molar-refractivity contribution >= 4 is 23.4 Å². The topological polar surface area (TPSA) is 51.0 Å². The molecule has 0 N–H and O–H groups in total. The van der Waals surface area contributed by atoms with E-state index >= 15 is 0 Å². The molecule has 2 aromatic rings. The first-order valence-electron chi connectivity index (χ1n) is 7.51. The number of nitrogens with zero attached hydrogens (tertiary/aromatic N) is 4. The molecular weight excluding hydrogens is 315 g/mol. The highest BCUT2D eigenvalue weighted by Gasteiger charge is 2.36. The number of para-hydroxylation sites is 1. The van der Waals surface area contributed by atoms with Crippen LogP contribution in [0, 0.1) is 5.82 Å². The summed E-state index contributed by atoms with van der Waals surface area (Å²) in [6.07, 6.45) is 2.34. The van der Waals surface area contributed by atoms with Crippen LogP contribution in [0.25, 0.3) is 0 Å². The van der Waals surface area contributed by atoms with Crippen LogP contribution in [0.3, 0.4) is 0 Å². The van der Waals surface area contributed by atoms with Gasteiger partial charge in [-0.3, -0.25) is 4.79 Å². The number of thioether (sulfide) groups is 1. The van der Waals surface area contributed by atoms with Crippen LogP contribution in [0.15, 0.2) is 35.7 Å². The van der Waals surface area contributed by atoms with Gasteiger partial charge in [0.2, 0.25) is 5.91 Å². The lowest BCUT2D eigenvalue weighted by Crippen LogP contribution is -2.29. The molecular formula is C16H19FN4OS. The molecule has 3 rings (SSSR count). The molecule has 0 saturated carbocycles. The van der Waals surface area contributed by atoms with Crippen molar-refractivity contribution in [2.24, 2.45) is 0 Å². The van der Waals surface area contributed by atoms with E-state index in [1.54, 1.807) is 24.5 Å². The summed E-state index contributed by atoms with van der Waals surface area (Å²) in [5, 5.41) is 8.53. The Morgan fingerprint density at radius 1 is 1.30 bits per heavy atom. The highest BCUT2D eigenvalue weighted by molar-refractivity contribution is 8.00. The van der Waals surface area contributed by atoms with E-state index in [4.69, 9.17) is 0 Å². The smallest absolute Gasteiger partial charge is 0.240 e. The van der Waals surface area contributed by atoms with Crippen LogP contribution < -0.4 is 4.90 Å². The average Bonchev–Trinajstić information content (AvgIpc) is 3.08. The molecule has 1 saturated heterocycles. The Hall–Kier alpha value is -1.89. The van der Waals surface area contributed by atoms with Crippen LogP contribution in [0.1, 0.15) is 27.2 Å². The highest BCUT2D eigenvalue weighted by Crippen LogP contribution is 2.34. The highest BCUT2D eigenvalue weighted by atomic mass is 32.2. The van der Waals surface area contributed by atoms with Gasteiger partial charge in [0, 0.05) is 12.1 Å². The van der Waals surface area contributed by atoms with E-state index in [2.05, 4.69) is 31.0 Å². The zero-order valence-electron chi connectivity index (χ0n) is 13.4. The number of hydrogen-bond donors (Lipinski definition) is 0. The third-order valence-corrected chi connectivity index (χ3v) is 5.00. The summed E-state index contributed by atoms with van der Waals surface area (Å²) >= 11 is 1.40. The maximum absolute atomic E-state index is 13.9. The minimum atomic E-state index is -0.371. The maximum atomic E-state index is 13.9. The molecule has 7 heteroatoms. The molecule has 0 spiro atoms. The van der Waals surface area contributed by atoms with Crippen molar-refractivity contribution in [3.05, 3.63) is 36.4 Å². The van der Waals surface area contributed by atoms with Gasteiger partial charge in [-0.15, -0.1) is 10.2 Å². The monoisotopic (exact) mass is 334 g/mol. The van der Waals surface area contributed by atoms with Crippen LogP contribution in [0.5, 0.6) is 0 Å². The normalized spacial score (nSPS) is 18.7. The molecule has 0 unspecified atom stereocenters. The summed E-state index contributed by atoms with van der Waals surface area (Å²) in [5.74, 6) is -0.451. The van der Waals surface area contributed by atoms with E-state index < -0.39 is 0 Å². The first kappa shape index (κ1) is 16.0. The van der Waals surface area contributed by atoms with Gasteiger partial charge in [-0.2, -0.15) is 0 Å². The lowest BCUT2D eigenvalue weighted by Gasteiger charge is -2.22. The van der Waals surface area contributed by atoms with Gasteiger partial charge < -0.3 is 9.47 Å². The van der Waals surface area contributed by atoms with Crippen LogP contribution >= 0.6 is 11.8 Å². The quantitative estimate of drug-likeness (QED) is 0.866.